The van der Waals surface area contributed by atoms with E-state index in [1.807, 2.05) is 51.1 Å². The first-order valence-corrected chi connectivity index (χ1v) is 12.2. The van der Waals surface area contributed by atoms with E-state index in [0.29, 0.717) is 44.0 Å². The van der Waals surface area contributed by atoms with E-state index in [1.54, 1.807) is 24.1 Å². The second kappa shape index (κ2) is 9.83. The highest BCUT2D eigenvalue weighted by Gasteiger charge is 2.33. The maximum Gasteiger partial charge on any atom is 0.243 e. The van der Waals surface area contributed by atoms with Crippen LogP contribution in [-0.4, -0.2) is 50.3 Å². The molecule has 0 saturated carbocycles. The summed E-state index contributed by atoms with van der Waals surface area (Å²) in [6.45, 7) is 7.69. The monoisotopic (exact) mass is 444 g/mol. The molecule has 1 amide bonds. The fraction of sp³-hybridized carbons (Fsp3) is 0.458. The number of nitrogens with zero attached hydrogens (tertiary/aromatic N) is 2. The summed E-state index contributed by atoms with van der Waals surface area (Å²) in [6, 6.07) is 13.0. The van der Waals surface area contributed by atoms with Gasteiger partial charge in [0.25, 0.3) is 0 Å². The van der Waals surface area contributed by atoms with Crippen LogP contribution >= 0.6 is 0 Å². The van der Waals surface area contributed by atoms with Crippen LogP contribution in [0.3, 0.4) is 0 Å². The third-order valence-corrected chi connectivity index (χ3v) is 7.84. The molecule has 0 bridgehead atoms. The van der Waals surface area contributed by atoms with E-state index in [-0.39, 0.29) is 11.8 Å². The van der Waals surface area contributed by atoms with Crippen molar-refractivity contribution in [3.63, 3.8) is 0 Å². The summed E-state index contributed by atoms with van der Waals surface area (Å²) in [6.07, 6.45) is 1.08. The number of hydrogen-bond donors (Lipinski definition) is 0. The predicted octanol–water partition coefficient (Wildman–Crippen LogP) is 3.76. The van der Waals surface area contributed by atoms with Crippen LogP contribution in [0.4, 0.5) is 0 Å². The molecule has 3 rings (SSSR count). The molecule has 0 N–H and O–H groups in total. The molecule has 0 aliphatic carbocycles. The number of aryl methyl sites for hydroxylation is 2. The van der Waals surface area contributed by atoms with Crippen LogP contribution < -0.4 is 4.74 Å². The van der Waals surface area contributed by atoms with Crippen molar-refractivity contribution in [2.24, 2.45) is 5.92 Å². The van der Waals surface area contributed by atoms with Crippen LogP contribution in [0.1, 0.15) is 36.5 Å². The summed E-state index contributed by atoms with van der Waals surface area (Å²) in [5.41, 5.74) is 3.06. The summed E-state index contributed by atoms with van der Waals surface area (Å²) in [4.78, 5) is 15.0. The number of benzene rings is 2. The van der Waals surface area contributed by atoms with Gasteiger partial charge in [-0.2, -0.15) is 4.31 Å². The standard InChI is InChI=1S/C24H32N2O4S/c1-5-30-22-9-7-20(8-10-22)17-25(4)24(27)21-12-14-26(15-13-21)31(28,29)23-11-6-18(2)19(3)16-23/h6-11,16,21H,5,12-15,17H2,1-4H3. The molecule has 0 radical (unpaired) electrons. The molecule has 2 aromatic carbocycles. The highest BCUT2D eigenvalue weighted by atomic mass is 32.2. The molecule has 1 saturated heterocycles. The first kappa shape index (κ1) is 23.3. The molecule has 0 unspecified atom stereocenters. The Morgan fingerprint density at radius 2 is 1.71 bits per heavy atom. The minimum atomic E-state index is -3.53. The van der Waals surface area contributed by atoms with E-state index in [2.05, 4.69) is 0 Å². The van der Waals surface area contributed by atoms with Crippen molar-refractivity contribution in [2.75, 3.05) is 26.7 Å². The average molecular weight is 445 g/mol. The number of hydrogen-bond acceptors (Lipinski definition) is 4. The van der Waals surface area contributed by atoms with E-state index in [9.17, 15) is 13.2 Å². The molecule has 1 aliphatic heterocycles. The van der Waals surface area contributed by atoms with Gasteiger partial charge in [0.05, 0.1) is 11.5 Å². The summed E-state index contributed by atoms with van der Waals surface area (Å²) >= 11 is 0. The largest absolute Gasteiger partial charge is 0.494 e. The summed E-state index contributed by atoms with van der Waals surface area (Å²) < 4.78 is 33.0. The Kier molecular flexibility index (Phi) is 7.38. The van der Waals surface area contributed by atoms with Crippen molar-refractivity contribution in [1.82, 2.24) is 9.21 Å². The zero-order chi connectivity index (χ0) is 22.6. The molecule has 6 nitrogen and oxygen atoms in total. The Morgan fingerprint density at radius 1 is 1.06 bits per heavy atom. The summed E-state index contributed by atoms with van der Waals surface area (Å²) in [5.74, 6) is 0.730. The molecule has 2 aromatic rings. The molecular formula is C24H32N2O4S. The van der Waals surface area contributed by atoms with Crippen molar-refractivity contribution in [2.45, 2.75) is 45.1 Å². The van der Waals surface area contributed by atoms with Gasteiger partial charge in [0, 0.05) is 32.6 Å². The van der Waals surface area contributed by atoms with Crippen molar-refractivity contribution in [3.05, 3.63) is 59.2 Å². The third-order valence-electron chi connectivity index (χ3n) is 5.95. The molecule has 1 fully saturated rings. The molecule has 0 spiro atoms. The van der Waals surface area contributed by atoms with Gasteiger partial charge >= 0.3 is 0 Å². The molecule has 1 heterocycles. The highest BCUT2D eigenvalue weighted by molar-refractivity contribution is 7.89. The zero-order valence-corrected chi connectivity index (χ0v) is 19.6. The van der Waals surface area contributed by atoms with Gasteiger partial charge in [-0.15, -0.1) is 0 Å². The molecule has 0 aromatic heterocycles. The van der Waals surface area contributed by atoms with Crippen molar-refractivity contribution >= 4 is 15.9 Å². The van der Waals surface area contributed by atoms with Crippen molar-refractivity contribution in [1.29, 1.82) is 0 Å². The number of amides is 1. The molecule has 7 heteroatoms. The zero-order valence-electron chi connectivity index (χ0n) is 18.8. The van der Waals surface area contributed by atoms with Gasteiger partial charge < -0.3 is 9.64 Å². The molecule has 168 valence electrons. The van der Waals surface area contributed by atoms with Crippen LogP contribution in [0.2, 0.25) is 0 Å². The maximum atomic E-state index is 13.0. The quantitative estimate of drug-likeness (QED) is 0.652. The molecular weight excluding hydrogens is 412 g/mol. The van der Waals surface area contributed by atoms with E-state index >= 15 is 0 Å². The Bertz CT molecular complexity index is 1010. The van der Waals surface area contributed by atoms with E-state index in [4.69, 9.17) is 4.74 Å². The lowest BCUT2D eigenvalue weighted by atomic mass is 9.96. The number of carbonyl (C=O) groups is 1. The number of carbonyl (C=O) groups excluding carboxylic acids is 1. The Morgan fingerprint density at radius 3 is 2.29 bits per heavy atom. The van der Waals surface area contributed by atoms with Crippen molar-refractivity contribution in [3.8, 4) is 5.75 Å². The van der Waals surface area contributed by atoms with Gasteiger partial charge in [0.1, 0.15) is 5.75 Å². The minimum Gasteiger partial charge on any atom is -0.494 e. The van der Waals surface area contributed by atoms with Crippen molar-refractivity contribution < 1.29 is 17.9 Å². The predicted molar refractivity (Wildman–Crippen MR) is 121 cm³/mol. The normalized spacial score (nSPS) is 15.6. The molecule has 0 atom stereocenters. The van der Waals surface area contributed by atoms with E-state index in [0.717, 1.165) is 22.4 Å². The lowest BCUT2D eigenvalue weighted by Crippen LogP contribution is -2.43. The van der Waals surface area contributed by atoms with Gasteiger partial charge in [-0.25, -0.2) is 8.42 Å². The van der Waals surface area contributed by atoms with Crippen LogP contribution in [-0.2, 0) is 21.4 Å². The second-order valence-corrected chi connectivity index (χ2v) is 10.1. The fourth-order valence-electron chi connectivity index (χ4n) is 3.89. The Labute approximate surface area is 185 Å². The lowest BCUT2D eigenvalue weighted by Gasteiger charge is -2.32. The van der Waals surface area contributed by atoms with Gasteiger partial charge in [-0.3, -0.25) is 4.79 Å². The van der Waals surface area contributed by atoms with Crippen LogP contribution in [0.15, 0.2) is 47.4 Å². The second-order valence-electron chi connectivity index (χ2n) is 8.20. The topological polar surface area (TPSA) is 66.9 Å². The molecule has 31 heavy (non-hydrogen) atoms. The number of ether oxygens (including phenoxy) is 1. The first-order chi connectivity index (χ1) is 14.7. The third kappa shape index (κ3) is 5.46. The average Bonchev–Trinajstić information content (AvgIpc) is 2.76. The first-order valence-electron chi connectivity index (χ1n) is 10.8. The van der Waals surface area contributed by atoms with Crippen LogP contribution in [0, 0.1) is 19.8 Å². The highest BCUT2D eigenvalue weighted by Crippen LogP contribution is 2.26. The maximum absolute atomic E-state index is 13.0. The van der Waals surface area contributed by atoms with E-state index in [1.165, 1.54) is 4.31 Å². The van der Waals surface area contributed by atoms with Gasteiger partial charge in [0.15, 0.2) is 0 Å². The smallest absolute Gasteiger partial charge is 0.243 e. The summed E-state index contributed by atoms with van der Waals surface area (Å²) in [5, 5.41) is 0. The number of piperidine rings is 1. The van der Waals surface area contributed by atoms with Crippen LogP contribution in [0.5, 0.6) is 5.75 Å². The molecule has 1 aliphatic rings. The Balaban J connectivity index is 1.58. The number of sulfonamides is 1. The summed E-state index contributed by atoms with van der Waals surface area (Å²) in [7, 11) is -1.73. The lowest BCUT2D eigenvalue weighted by molar-refractivity contribution is -0.135. The Hall–Kier alpha value is -2.38. The fourth-order valence-corrected chi connectivity index (χ4v) is 5.44. The van der Waals surface area contributed by atoms with Gasteiger partial charge in [-0.05, 0) is 74.6 Å². The van der Waals surface area contributed by atoms with Gasteiger partial charge in [0.2, 0.25) is 15.9 Å². The SMILES string of the molecule is CCOc1ccc(CN(C)C(=O)C2CCN(S(=O)(=O)c3ccc(C)c(C)c3)CC2)cc1. The minimum absolute atomic E-state index is 0.0668. The number of rotatable bonds is 7. The van der Waals surface area contributed by atoms with E-state index < -0.39 is 10.0 Å². The van der Waals surface area contributed by atoms with Gasteiger partial charge in [-0.1, -0.05) is 18.2 Å². The van der Waals surface area contributed by atoms with Crippen LogP contribution in [0.25, 0.3) is 0 Å².